The van der Waals surface area contributed by atoms with Gasteiger partial charge in [0.15, 0.2) is 16.6 Å². The summed E-state index contributed by atoms with van der Waals surface area (Å²) in [7, 11) is -2.93. The lowest BCUT2D eigenvalue weighted by molar-refractivity contribution is 0.109. The SMILES string of the molecule is CCCCCCCCCCCCCCC(CO[Si](C)(C)C)O[Si](C)(C)C. The highest BCUT2D eigenvalue weighted by molar-refractivity contribution is 6.70. The molecule has 4 heteroatoms. The van der Waals surface area contributed by atoms with E-state index < -0.39 is 16.6 Å². The molecule has 0 rings (SSSR count). The zero-order chi connectivity index (χ0) is 19.9. The van der Waals surface area contributed by atoms with Gasteiger partial charge in [0, 0.05) is 0 Å². The van der Waals surface area contributed by atoms with Gasteiger partial charge in [0.25, 0.3) is 0 Å². The zero-order valence-electron chi connectivity index (χ0n) is 19.3. The lowest BCUT2D eigenvalue weighted by Crippen LogP contribution is -2.38. The monoisotopic (exact) mass is 402 g/mol. The van der Waals surface area contributed by atoms with Gasteiger partial charge in [-0.25, -0.2) is 0 Å². The molecule has 0 radical (unpaired) electrons. The minimum absolute atomic E-state index is 0.316. The third-order valence-electron chi connectivity index (χ3n) is 4.60. The van der Waals surface area contributed by atoms with Gasteiger partial charge in [0.05, 0.1) is 12.7 Å². The molecule has 1 unspecified atom stereocenters. The van der Waals surface area contributed by atoms with Gasteiger partial charge in [-0.3, -0.25) is 0 Å². The Morgan fingerprint density at radius 2 is 1.00 bits per heavy atom. The molecule has 158 valence electrons. The summed E-state index contributed by atoms with van der Waals surface area (Å²) in [5.41, 5.74) is 0. The quantitative estimate of drug-likeness (QED) is 0.170. The van der Waals surface area contributed by atoms with Gasteiger partial charge in [-0.05, 0) is 45.7 Å². The number of rotatable bonds is 18. The molecule has 0 spiro atoms. The zero-order valence-corrected chi connectivity index (χ0v) is 21.3. The molecule has 2 nitrogen and oxygen atoms in total. The van der Waals surface area contributed by atoms with Crippen LogP contribution in [0.25, 0.3) is 0 Å². The van der Waals surface area contributed by atoms with E-state index in [0.717, 1.165) is 6.61 Å². The highest BCUT2D eigenvalue weighted by Gasteiger charge is 2.23. The molecule has 0 saturated carbocycles. The van der Waals surface area contributed by atoms with Crippen molar-refractivity contribution in [2.75, 3.05) is 6.61 Å². The Bertz CT molecular complexity index is 308. The van der Waals surface area contributed by atoms with E-state index in [-0.39, 0.29) is 0 Å². The first-order valence-corrected chi connectivity index (χ1v) is 18.3. The summed E-state index contributed by atoms with van der Waals surface area (Å²) >= 11 is 0. The molecule has 1 atom stereocenters. The van der Waals surface area contributed by atoms with Gasteiger partial charge in [-0.1, -0.05) is 84.0 Å². The van der Waals surface area contributed by atoms with Crippen LogP contribution in [0.2, 0.25) is 39.3 Å². The molecule has 0 aliphatic heterocycles. The molecular formula is C22H50O2Si2. The summed E-state index contributed by atoms with van der Waals surface area (Å²) in [6.07, 6.45) is 18.4. The van der Waals surface area contributed by atoms with Gasteiger partial charge in [0.2, 0.25) is 0 Å². The van der Waals surface area contributed by atoms with E-state index in [0.29, 0.717) is 6.10 Å². The Hall–Kier alpha value is 0.354. The van der Waals surface area contributed by atoms with Crippen molar-refractivity contribution < 1.29 is 8.85 Å². The van der Waals surface area contributed by atoms with E-state index >= 15 is 0 Å². The van der Waals surface area contributed by atoms with Gasteiger partial charge in [0.1, 0.15) is 0 Å². The summed E-state index contributed by atoms with van der Waals surface area (Å²) in [6.45, 7) is 16.8. The van der Waals surface area contributed by atoms with Crippen molar-refractivity contribution in [3.63, 3.8) is 0 Å². The topological polar surface area (TPSA) is 18.5 Å². The van der Waals surface area contributed by atoms with Crippen molar-refractivity contribution >= 4 is 16.6 Å². The van der Waals surface area contributed by atoms with Crippen molar-refractivity contribution in [2.24, 2.45) is 0 Å². The average molecular weight is 403 g/mol. The largest absolute Gasteiger partial charge is 0.415 e. The second kappa shape index (κ2) is 15.3. The maximum Gasteiger partial charge on any atom is 0.184 e. The van der Waals surface area contributed by atoms with Crippen LogP contribution < -0.4 is 0 Å². The van der Waals surface area contributed by atoms with Crippen LogP contribution in [-0.4, -0.2) is 29.3 Å². The van der Waals surface area contributed by atoms with Crippen LogP contribution in [0.3, 0.4) is 0 Å². The number of hydrogen-bond donors (Lipinski definition) is 0. The molecule has 0 saturated heterocycles. The predicted molar refractivity (Wildman–Crippen MR) is 123 cm³/mol. The lowest BCUT2D eigenvalue weighted by Gasteiger charge is -2.29. The molecule has 0 amide bonds. The van der Waals surface area contributed by atoms with Gasteiger partial charge in [-0.2, -0.15) is 0 Å². The first-order chi connectivity index (χ1) is 12.1. The number of hydrogen-bond acceptors (Lipinski definition) is 2. The molecule has 0 aromatic heterocycles. The van der Waals surface area contributed by atoms with Crippen molar-refractivity contribution in [1.29, 1.82) is 0 Å². The highest BCUT2D eigenvalue weighted by atomic mass is 28.4. The Morgan fingerprint density at radius 3 is 1.38 bits per heavy atom. The molecule has 0 aromatic rings. The molecule has 0 fully saturated rings. The van der Waals surface area contributed by atoms with E-state index in [2.05, 4.69) is 46.2 Å². The summed E-state index contributed by atoms with van der Waals surface area (Å²) in [5, 5.41) is 0. The van der Waals surface area contributed by atoms with Crippen LogP contribution in [0.5, 0.6) is 0 Å². The van der Waals surface area contributed by atoms with Crippen LogP contribution in [0.15, 0.2) is 0 Å². The van der Waals surface area contributed by atoms with Crippen LogP contribution in [0.4, 0.5) is 0 Å². The third kappa shape index (κ3) is 20.7. The minimum Gasteiger partial charge on any atom is -0.415 e. The van der Waals surface area contributed by atoms with Crippen molar-refractivity contribution in [1.82, 2.24) is 0 Å². The van der Waals surface area contributed by atoms with E-state index in [9.17, 15) is 0 Å². The molecular weight excluding hydrogens is 352 g/mol. The Balaban J connectivity index is 3.68. The van der Waals surface area contributed by atoms with Crippen molar-refractivity contribution in [3.8, 4) is 0 Å². The van der Waals surface area contributed by atoms with E-state index in [4.69, 9.17) is 8.85 Å². The Labute approximate surface area is 168 Å². The summed E-state index contributed by atoms with van der Waals surface area (Å²) < 4.78 is 12.5. The van der Waals surface area contributed by atoms with E-state index in [1.165, 1.54) is 83.5 Å². The van der Waals surface area contributed by atoms with E-state index in [1.54, 1.807) is 0 Å². The predicted octanol–water partition coefficient (Wildman–Crippen LogP) is 8.15. The lowest BCUT2D eigenvalue weighted by atomic mass is 10.0. The number of unbranched alkanes of at least 4 members (excludes halogenated alkanes) is 11. The van der Waals surface area contributed by atoms with Gasteiger partial charge < -0.3 is 8.85 Å². The smallest absolute Gasteiger partial charge is 0.184 e. The van der Waals surface area contributed by atoms with Gasteiger partial charge >= 0.3 is 0 Å². The first-order valence-electron chi connectivity index (χ1n) is 11.5. The fraction of sp³-hybridized carbons (Fsp3) is 1.00. The Morgan fingerprint density at radius 1 is 0.577 bits per heavy atom. The second-order valence-corrected chi connectivity index (χ2v) is 18.9. The molecule has 0 N–H and O–H groups in total. The Kier molecular flexibility index (Phi) is 15.5. The van der Waals surface area contributed by atoms with Gasteiger partial charge in [-0.15, -0.1) is 0 Å². The maximum absolute atomic E-state index is 6.37. The second-order valence-electron chi connectivity index (χ2n) is 9.95. The summed E-state index contributed by atoms with van der Waals surface area (Å²) in [4.78, 5) is 0. The van der Waals surface area contributed by atoms with Crippen molar-refractivity contribution in [2.45, 2.75) is 136 Å². The third-order valence-corrected chi connectivity index (χ3v) is 6.68. The fourth-order valence-electron chi connectivity index (χ4n) is 3.23. The fourth-order valence-corrected chi connectivity index (χ4v) is 5.10. The molecule has 26 heavy (non-hydrogen) atoms. The normalized spacial score (nSPS) is 14.0. The molecule has 0 aliphatic rings. The van der Waals surface area contributed by atoms with Crippen LogP contribution in [-0.2, 0) is 8.85 Å². The van der Waals surface area contributed by atoms with Crippen LogP contribution in [0, 0.1) is 0 Å². The van der Waals surface area contributed by atoms with Crippen LogP contribution >= 0.6 is 0 Å². The molecule has 0 bridgehead atoms. The highest BCUT2D eigenvalue weighted by Crippen LogP contribution is 2.17. The molecule has 0 heterocycles. The van der Waals surface area contributed by atoms with Crippen LogP contribution in [0.1, 0.15) is 90.4 Å². The molecule has 0 aromatic carbocycles. The summed E-state index contributed by atoms with van der Waals surface area (Å²) in [6, 6.07) is 0. The average Bonchev–Trinajstić information content (AvgIpc) is 2.51. The first kappa shape index (κ1) is 26.4. The standard InChI is InChI=1S/C22H50O2Si2/c1-8-9-10-11-12-13-14-15-16-17-18-19-20-22(24-26(5,6)7)21-23-25(2,3)4/h22H,8-21H2,1-7H3. The van der Waals surface area contributed by atoms with E-state index in [1.807, 2.05) is 0 Å². The minimum atomic E-state index is -1.48. The maximum atomic E-state index is 6.37. The van der Waals surface area contributed by atoms with Crippen molar-refractivity contribution in [3.05, 3.63) is 0 Å². The molecule has 0 aliphatic carbocycles. The summed E-state index contributed by atoms with van der Waals surface area (Å²) in [5.74, 6) is 0.